The summed E-state index contributed by atoms with van der Waals surface area (Å²) in [6, 6.07) is 9.54. The van der Waals surface area contributed by atoms with Gasteiger partial charge in [0.25, 0.3) is 0 Å². The van der Waals surface area contributed by atoms with E-state index in [4.69, 9.17) is 33.4 Å². The van der Waals surface area contributed by atoms with Gasteiger partial charge in [-0.2, -0.15) is 0 Å². The number of likely N-dealkylation sites (N-methyl/N-ethyl adjacent to an activating group) is 1. The van der Waals surface area contributed by atoms with E-state index in [-0.39, 0.29) is 50.8 Å². The highest BCUT2D eigenvalue weighted by Gasteiger charge is 2.51. The van der Waals surface area contributed by atoms with E-state index in [1.165, 1.54) is 6.92 Å². The zero-order valence-electron chi connectivity index (χ0n) is 32.7. The highest BCUT2D eigenvalue weighted by molar-refractivity contribution is 6.00. The number of Topliss-reactive ketones (excluding diaryl/α,β-unsaturated/α-hetero) is 1. The Balaban J connectivity index is 1.94. The van der Waals surface area contributed by atoms with Crippen molar-refractivity contribution >= 4 is 23.5 Å². The number of hydrogen-bond acceptors (Lipinski definition) is 12. The molecule has 3 saturated heterocycles. The SMILES string of the molecule is CC[C@H]1OC(=O)[C@H](C)C(=O)[C@H](C)[C@@H](O[C@@H]2O[C@H](C)C[C@H](N(C)C)[C@H]2O)[C@@]2(C)C[C@@H](C)/C(=N\COC)C[C@@H](OC/C(=C/c3ccccc3)CO2)[C@]1(C)O. The minimum absolute atomic E-state index is 0.0791. The van der Waals surface area contributed by atoms with Gasteiger partial charge in [0, 0.05) is 31.2 Å². The van der Waals surface area contributed by atoms with Gasteiger partial charge in [-0.15, -0.1) is 0 Å². The van der Waals surface area contributed by atoms with E-state index in [9.17, 15) is 19.8 Å². The van der Waals surface area contributed by atoms with Crippen LogP contribution >= 0.6 is 0 Å². The van der Waals surface area contributed by atoms with Gasteiger partial charge in [0.15, 0.2) is 12.1 Å². The van der Waals surface area contributed by atoms with E-state index < -0.39 is 65.5 Å². The van der Waals surface area contributed by atoms with E-state index in [1.807, 2.05) is 83.1 Å². The first-order valence-corrected chi connectivity index (χ1v) is 18.7. The van der Waals surface area contributed by atoms with Crippen LogP contribution in [0.15, 0.2) is 40.9 Å². The normalized spacial score (nSPS) is 40.2. The van der Waals surface area contributed by atoms with Crippen molar-refractivity contribution < 1.29 is 48.2 Å². The average Bonchev–Trinajstić information content (AvgIpc) is 3.12. The molecule has 52 heavy (non-hydrogen) atoms. The molecule has 12 heteroatoms. The standard InChI is InChI=1S/C40H62N2O10/c1-11-32-40(7,46)33-19-30(41-23-47-10)24(2)20-39(6,49-22-29(21-48-33)18-28-15-13-12-14-16-28)36(26(4)34(43)27(5)37(45)51-32)52-38-35(44)31(42(8)9)17-25(3)50-38/h12-16,18,24-27,31-33,35-36,38,44,46H,11,17,19-23H2,1-10H3/b29-18-,41-30-/t24-,25-,26+,27-,31+,32-,33-,35-,36-,38+,39-,40-/m1/s1. The molecule has 3 aliphatic rings. The fraction of sp³-hybridized carbons (Fsp3) is 0.725. The van der Waals surface area contributed by atoms with Gasteiger partial charge in [-0.1, -0.05) is 57.2 Å². The summed E-state index contributed by atoms with van der Waals surface area (Å²) in [7, 11) is 5.36. The maximum atomic E-state index is 14.4. The molecule has 2 N–H and O–H groups in total. The molecule has 292 valence electrons. The minimum Gasteiger partial charge on any atom is -0.459 e. The Hall–Kier alpha value is -2.55. The van der Waals surface area contributed by atoms with Crippen LogP contribution in [0.25, 0.3) is 6.08 Å². The van der Waals surface area contributed by atoms with Crippen LogP contribution in [0.1, 0.15) is 79.7 Å². The van der Waals surface area contributed by atoms with Crippen LogP contribution in [0.5, 0.6) is 0 Å². The number of rotatable bonds is 7. The molecule has 0 aliphatic carbocycles. The molecule has 4 rings (SSSR count). The number of cyclic esters (lactones) is 1. The summed E-state index contributed by atoms with van der Waals surface area (Å²) in [6.45, 7) is 12.8. The van der Waals surface area contributed by atoms with E-state index in [1.54, 1.807) is 21.0 Å². The van der Waals surface area contributed by atoms with E-state index in [0.29, 0.717) is 18.6 Å². The third kappa shape index (κ3) is 9.95. The summed E-state index contributed by atoms with van der Waals surface area (Å²) in [6.07, 6.45) is -1.78. The highest BCUT2D eigenvalue weighted by atomic mass is 16.7. The van der Waals surface area contributed by atoms with Gasteiger partial charge in [-0.25, -0.2) is 0 Å². The number of esters is 1. The number of ketones is 1. The quantitative estimate of drug-likeness (QED) is 0.303. The first-order chi connectivity index (χ1) is 24.5. The van der Waals surface area contributed by atoms with Gasteiger partial charge < -0.3 is 43.5 Å². The Bertz CT molecular complexity index is 1400. The molecule has 12 atom stereocenters. The number of nitrogens with zero attached hydrogens (tertiary/aromatic N) is 2. The number of aliphatic hydroxyl groups is 2. The van der Waals surface area contributed by atoms with Crippen LogP contribution in [-0.4, -0.2) is 128 Å². The van der Waals surface area contributed by atoms with Gasteiger partial charge >= 0.3 is 5.97 Å². The molecule has 0 radical (unpaired) electrons. The molecule has 3 heterocycles. The maximum absolute atomic E-state index is 14.4. The number of ether oxygens (including phenoxy) is 6. The van der Waals surface area contributed by atoms with Crippen molar-refractivity contribution in [3.05, 3.63) is 41.5 Å². The number of benzene rings is 1. The van der Waals surface area contributed by atoms with Crippen LogP contribution in [0.3, 0.4) is 0 Å². The molecule has 3 fully saturated rings. The molecule has 0 spiro atoms. The summed E-state index contributed by atoms with van der Waals surface area (Å²) in [5, 5.41) is 23.8. The van der Waals surface area contributed by atoms with Crippen molar-refractivity contribution in [1.29, 1.82) is 0 Å². The number of fused-ring (bicyclic) bond motifs is 5. The number of methoxy groups -OCH3 is 1. The smallest absolute Gasteiger partial charge is 0.316 e. The fourth-order valence-electron chi connectivity index (χ4n) is 7.87. The van der Waals surface area contributed by atoms with Crippen LogP contribution in [0, 0.1) is 17.8 Å². The summed E-state index contributed by atoms with van der Waals surface area (Å²) >= 11 is 0. The van der Waals surface area contributed by atoms with Crippen molar-refractivity contribution in [3.63, 3.8) is 0 Å². The molecule has 12 nitrogen and oxygen atoms in total. The first-order valence-electron chi connectivity index (χ1n) is 18.7. The average molecular weight is 731 g/mol. The summed E-state index contributed by atoms with van der Waals surface area (Å²) in [5.41, 5.74) is -0.434. The van der Waals surface area contributed by atoms with Gasteiger partial charge in [0.2, 0.25) is 0 Å². The van der Waals surface area contributed by atoms with Gasteiger partial charge in [0.1, 0.15) is 30.5 Å². The molecule has 0 amide bonds. The fourth-order valence-corrected chi connectivity index (χ4v) is 7.87. The molecule has 0 unspecified atom stereocenters. The van der Waals surface area contributed by atoms with Gasteiger partial charge in [0.05, 0.1) is 37.1 Å². The van der Waals surface area contributed by atoms with Crippen LogP contribution in [0.2, 0.25) is 0 Å². The number of carbonyl (C=O) groups is 2. The van der Waals surface area contributed by atoms with Crippen LogP contribution in [0.4, 0.5) is 0 Å². The molecule has 0 aromatic heterocycles. The molecule has 2 bridgehead atoms. The number of carbonyl (C=O) groups excluding carboxylic acids is 2. The lowest BCUT2D eigenvalue weighted by molar-refractivity contribution is -0.296. The molecular weight excluding hydrogens is 668 g/mol. The first kappa shape index (κ1) is 42.2. The zero-order valence-corrected chi connectivity index (χ0v) is 32.7. The second-order valence-electron chi connectivity index (χ2n) is 15.6. The lowest BCUT2D eigenvalue weighted by Gasteiger charge is -2.47. The lowest BCUT2D eigenvalue weighted by Crippen LogP contribution is -2.59. The number of aliphatic imine (C=N–C) groups is 1. The third-order valence-corrected chi connectivity index (χ3v) is 11.1. The van der Waals surface area contributed by atoms with E-state index in [0.717, 1.165) is 11.1 Å². The third-order valence-electron chi connectivity index (χ3n) is 11.1. The van der Waals surface area contributed by atoms with Crippen molar-refractivity contribution in [2.75, 3.05) is 41.1 Å². The second kappa shape index (κ2) is 18.2. The summed E-state index contributed by atoms with van der Waals surface area (Å²) in [5.74, 6) is -3.54. The van der Waals surface area contributed by atoms with Crippen molar-refractivity contribution in [1.82, 2.24) is 4.90 Å². The van der Waals surface area contributed by atoms with E-state index in [2.05, 4.69) is 0 Å². The predicted octanol–water partition coefficient (Wildman–Crippen LogP) is 4.44. The Morgan fingerprint density at radius 2 is 1.77 bits per heavy atom. The number of hydrogen-bond donors (Lipinski definition) is 2. The Kier molecular flexibility index (Phi) is 14.8. The topological polar surface area (TPSA) is 146 Å². The zero-order chi connectivity index (χ0) is 38.4. The Labute approximate surface area is 309 Å². The summed E-state index contributed by atoms with van der Waals surface area (Å²) < 4.78 is 38.0. The Morgan fingerprint density at radius 3 is 2.40 bits per heavy atom. The Morgan fingerprint density at radius 1 is 1.08 bits per heavy atom. The van der Waals surface area contributed by atoms with Crippen molar-refractivity contribution in [2.45, 2.75) is 128 Å². The minimum atomic E-state index is -1.66. The maximum Gasteiger partial charge on any atom is 0.316 e. The largest absolute Gasteiger partial charge is 0.459 e. The van der Waals surface area contributed by atoms with Gasteiger partial charge in [-0.3, -0.25) is 14.6 Å². The van der Waals surface area contributed by atoms with E-state index >= 15 is 0 Å². The molecular formula is C40H62N2O10. The molecule has 1 aromatic rings. The lowest BCUT2D eigenvalue weighted by atomic mass is 9.76. The number of aliphatic hydroxyl groups excluding tert-OH is 1. The van der Waals surface area contributed by atoms with Crippen LogP contribution < -0.4 is 0 Å². The molecule has 0 saturated carbocycles. The predicted molar refractivity (Wildman–Crippen MR) is 198 cm³/mol. The second-order valence-corrected chi connectivity index (χ2v) is 15.6. The molecule has 3 aliphatic heterocycles. The summed E-state index contributed by atoms with van der Waals surface area (Å²) in [4.78, 5) is 34.9. The van der Waals surface area contributed by atoms with Gasteiger partial charge in [-0.05, 0) is 78.1 Å². The molecule has 1 aromatic carbocycles. The van der Waals surface area contributed by atoms with Crippen molar-refractivity contribution in [3.8, 4) is 0 Å². The van der Waals surface area contributed by atoms with Crippen LogP contribution in [-0.2, 0) is 38.0 Å². The monoisotopic (exact) mass is 730 g/mol. The van der Waals surface area contributed by atoms with Crippen molar-refractivity contribution in [2.24, 2.45) is 22.7 Å². The highest BCUT2D eigenvalue weighted by Crippen LogP contribution is 2.39.